The Balaban J connectivity index is 1.93. The smallest absolute Gasteiger partial charge is 0.249 e. The Morgan fingerprint density at radius 1 is 1.60 bits per heavy atom. The molecular weight excluding hydrogens is 274 g/mol. The zero-order valence-corrected chi connectivity index (χ0v) is 12.5. The number of aromatic nitrogens is 2. The van der Waals surface area contributed by atoms with Crippen LogP contribution in [0.5, 0.6) is 0 Å². The molecule has 1 amide bonds. The van der Waals surface area contributed by atoms with Gasteiger partial charge in [-0.1, -0.05) is 0 Å². The van der Waals surface area contributed by atoms with Gasteiger partial charge in [-0.25, -0.2) is 4.98 Å². The fourth-order valence-corrected chi connectivity index (χ4v) is 2.34. The number of fused-ring (bicyclic) bond motifs is 1. The van der Waals surface area contributed by atoms with Crippen LogP contribution in [0.4, 0.5) is 0 Å². The Labute approximate surface area is 122 Å². The molecule has 0 radical (unpaired) electrons. The van der Waals surface area contributed by atoms with Crippen molar-refractivity contribution in [2.75, 3.05) is 12.0 Å². The number of nitrogens with zero attached hydrogens (tertiary/aromatic N) is 2. The summed E-state index contributed by atoms with van der Waals surface area (Å²) >= 11 is 1.61. The number of amides is 1. The molecule has 0 spiro atoms. The van der Waals surface area contributed by atoms with Gasteiger partial charge in [0.25, 0.3) is 0 Å². The number of aliphatic hydroxyl groups is 1. The maximum Gasteiger partial charge on any atom is 0.249 e. The molecule has 0 aromatic carbocycles. The van der Waals surface area contributed by atoms with Gasteiger partial charge in [-0.05, 0) is 43.0 Å². The van der Waals surface area contributed by atoms with E-state index in [9.17, 15) is 9.90 Å². The van der Waals surface area contributed by atoms with Gasteiger partial charge in [-0.3, -0.25) is 4.79 Å². The number of rotatable bonds is 6. The number of thioether (sulfide) groups is 1. The minimum atomic E-state index is -0.943. The van der Waals surface area contributed by atoms with E-state index in [1.54, 1.807) is 11.8 Å². The maximum atomic E-state index is 11.7. The highest BCUT2D eigenvalue weighted by molar-refractivity contribution is 7.98. The van der Waals surface area contributed by atoms with Crippen molar-refractivity contribution < 1.29 is 9.90 Å². The van der Waals surface area contributed by atoms with E-state index in [2.05, 4.69) is 10.3 Å². The van der Waals surface area contributed by atoms with Gasteiger partial charge in [0.2, 0.25) is 5.91 Å². The standard InChI is InChI=1S/C14H19N3O2S/c1-10-3-5-17-9-11(16-13(17)7-10)8-15-14(19)12(18)4-6-20-2/h3,5,7,9,12,18H,4,6,8H2,1-2H3,(H,15,19)/t12-/m1/s1. The third-order valence-corrected chi connectivity index (χ3v) is 3.65. The van der Waals surface area contributed by atoms with Crippen molar-refractivity contribution in [2.24, 2.45) is 0 Å². The van der Waals surface area contributed by atoms with Gasteiger partial charge in [-0.2, -0.15) is 11.8 Å². The third-order valence-electron chi connectivity index (χ3n) is 3.01. The van der Waals surface area contributed by atoms with Crippen LogP contribution in [0.25, 0.3) is 5.65 Å². The van der Waals surface area contributed by atoms with E-state index in [1.165, 1.54) is 0 Å². The van der Waals surface area contributed by atoms with Gasteiger partial charge < -0.3 is 14.8 Å². The van der Waals surface area contributed by atoms with Crippen LogP contribution < -0.4 is 5.32 Å². The van der Waals surface area contributed by atoms with E-state index < -0.39 is 6.10 Å². The zero-order chi connectivity index (χ0) is 14.5. The van der Waals surface area contributed by atoms with Crippen LogP contribution in [0.2, 0.25) is 0 Å². The van der Waals surface area contributed by atoms with Crippen LogP contribution in [0.15, 0.2) is 24.5 Å². The molecule has 0 unspecified atom stereocenters. The molecule has 0 bridgehead atoms. The Morgan fingerprint density at radius 3 is 3.15 bits per heavy atom. The van der Waals surface area contributed by atoms with Gasteiger partial charge in [-0.15, -0.1) is 0 Å². The molecule has 2 aromatic rings. The van der Waals surface area contributed by atoms with Crippen LogP contribution in [0, 0.1) is 6.92 Å². The third kappa shape index (κ3) is 3.74. The molecule has 0 saturated heterocycles. The molecule has 0 aliphatic heterocycles. The van der Waals surface area contributed by atoms with Crippen molar-refractivity contribution in [1.82, 2.24) is 14.7 Å². The molecule has 20 heavy (non-hydrogen) atoms. The number of aryl methyl sites for hydroxylation is 1. The molecule has 0 aliphatic carbocycles. The highest BCUT2D eigenvalue weighted by Crippen LogP contribution is 2.07. The Hall–Kier alpha value is -1.53. The van der Waals surface area contributed by atoms with E-state index in [-0.39, 0.29) is 5.91 Å². The molecule has 2 rings (SSSR count). The minimum Gasteiger partial charge on any atom is -0.383 e. The van der Waals surface area contributed by atoms with Gasteiger partial charge in [0, 0.05) is 12.4 Å². The number of carbonyl (C=O) groups is 1. The predicted octanol–water partition coefficient (Wildman–Crippen LogP) is 1.37. The van der Waals surface area contributed by atoms with Crippen LogP contribution in [0.1, 0.15) is 17.7 Å². The lowest BCUT2D eigenvalue weighted by Crippen LogP contribution is -2.34. The zero-order valence-electron chi connectivity index (χ0n) is 11.7. The lowest BCUT2D eigenvalue weighted by molar-refractivity contribution is -0.129. The summed E-state index contributed by atoms with van der Waals surface area (Å²) in [5.41, 5.74) is 2.78. The Kier molecular flexibility index (Phi) is 5.03. The molecule has 0 aliphatic rings. The van der Waals surface area contributed by atoms with E-state index in [0.29, 0.717) is 13.0 Å². The average Bonchev–Trinajstić information content (AvgIpc) is 2.83. The van der Waals surface area contributed by atoms with E-state index >= 15 is 0 Å². The topological polar surface area (TPSA) is 66.6 Å². The van der Waals surface area contributed by atoms with E-state index in [1.807, 2.05) is 42.1 Å². The molecule has 0 fully saturated rings. The average molecular weight is 293 g/mol. The number of nitrogens with one attached hydrogen (secondary N) is 1. The normalized spacial score (nSPS) is 12.6. The summed E-state index contributed by atoms with van der Waals surface area (Å²) in [6.07, 6.45) is 5.29. The first kappa shape index (κ1) is 14.9. The summed E-state index contributed by atoms with van der Waals surface area (Å²) < 4.78 is 1.92. The highest BCUT2D eigenvalue weighted by Gasteiger charge is 2.14. The monoisotopic (exact) mass is 293 g/mol. The van der Waals surface area contributed by atoms with Crippen LogP contribution >= 0.6 is 11.8 Å². The molecular formula is C14H19N3O2S. The number of aliphatic hydroxyl groups excluding tert-OH is 1. The van der Waals surface area contributed by atoms with Crippen molar-refractivity contribution in [3.8, 4) is 0 Å². The second-order valence-corrected chi connectivity index (χ2v) is 5.70. The van der Waals surface area contributed by atoms with Crippen molar-refractivity contribution >= 4 is 23.3 Å². The summed E-state index contributed by atoms with van der Waals surface area (Å²) in [4.78, 5) is 16.1. The van der Waals surface area contributed by atoms with Gasteiger partial charge in [0.15, 0.2) is 0 Å². The maximum absolute atomic E-state index is 11.7. The number of hydrogen-bond acceptors (Lipinski definition) is 4. The lowest BCUT2D eigenvalue weighted by atomic mass is 10.2. The summed E-state index contributed by atoms with van der Waals surface area (Å²) in [6.45, 7) is 2.34. The lowest BCUT2D eigenvalue weighted by Gasteiger charge is -2.09. The molecule has 108 valence electrons. The number of carbonyl (C=O) groups excluding carboxylic acids is 1. The van der Waals surface area contributed by atoms with Crippen molar-refractivity contribution in [3.05, 3.63) is 35.8 Å². The summed E-state index contributed by atoms with van der Waals surface area (Å²) in [5, 5.41) is 12.4. The number of imidazole rings is 1. The molecule has 2 N–H and O–H groups in total. The van der Waals surface area contributed by atoms with Crippen LogP contribution in [-0.4, -0.2) is 38.5 Å². The quantitative estimate of drug-likeness (QED) is 0.844. The van der Waals surface area contributed by atoms with Crippen LogP contribution in [-0.2, 0) is 11.3 Å². The summed E-state index contributed by atoms with van der Waals surface area (Å²) in [5.74, 6) is 0.426. The van der Waals surface area contributed by atoms with E-state index in [4.69, 9.17) is 0 Å². The number of pyridine rings is 1. The van der Waals surface area contributed by atoms with Gasteiger partial charge >= 0.3 is 0 Å². The van der Waals surface area contributed by atoms with Gasteiger partial charge in [0.05, 0.1) is 12.2 Å². The highest BCUT2D eigenvalue weighted by atomic mass is 32.2. The molecule has 0 saturated carbocycles. The first-order valence-corrected chi connectivity index (χ1v) is 7.88. The second-order valence-electron chi connectivity index (χ2n) is 4.72. The molecule has 2 heterocycles. The van der Waals surface area contributed by atoms with Gasteiger partial charge in [0.1, 0.15) is 11.8 Å². The molecule has 2 aromatic heterocycles. The largest absolute Gasteiger partial charge is 0.383 e. The van der Waals surface area contributed by atoms with Crippen LogP contribution in [0.3, 0.4) is 0 Å². The van der Waals surface area contributed by atoms with Crippen molar-refractivity contribution in [1.29, 1.82) is 0 Å². The fourth-order valence-electron chi connectivity index (χ4n) is 1.88. The minimum absolute atomic E-state index is 0.329. The van der Waals surface area contributed by atoms with E-state index in [0.717, 1.165) is 22.7 Å². The van der Waals surface area contributed by atoms with Crippen molar-refractivity contribution in [2.45, 2.75) is 26.0 Å². The molecule has 5 nitrogen and oxygen atoms in total. The Bertz CT molecular complexity index is 597. The molecule has 1 atom stereocenters. The van der Waals surface area contributed by atoms with Crippen molar-refractivity contribution in [3.63, 3.8) is 0 Å². The summed E-state index contributed by atoms with van der Waals surface area (Å²) in [7, 11) is 0. The first-order chi connectivity index (χ1) is 9.60. The summed E-state index contributed by atoms with van der Waals surface area (Å²) in [6, 6.07) is 3.99. The second kappa shape index (κ2) is 6.76. The first-order valence-electron chi connectivity index (χ1n) is 6.49. The molecule has 6 heteroatoms. The SMILES string of the molecule is CSCC[C@@H](O)C(=O)NCc1cn2ccc(C)cc2n1. The Morgan fingerprint density at radius 2 is 2.40 bits per heavy atom. The predicted molar refractivity (Wildman–Crippen MR) is 80.8 cm³/mol. The fraction of sp³-hybridized carbons (Fsp3) is 0.429. The number of hydrogen-bond donors (Lipinski definition) is 2.